The Labute approximate surface area is 112 Å². The molecular weight excluding hydrogens is 238 g/mol. The largest absolute Gasteiger partial charge is 0.281 e. The van der Waals surface area contributed by atoms with Crippen molar-refractivity contribution in [1.29, 1.82) is 0 Å². The van der Waals surface area contributed by atoms with Crippen LogP contribution in [0.2, 0.25) is 0 Å². The molecule has 19 heavy (non-hydrogen) atoms. The molecule has 2 aliphatic rings. The van der Waals surface area contributed by atoms with Gasteiger partial charge in [-0.05, 0) is 25.0 Å². The molecule has 98 valence electrons. The molecule has 0 aliphatic carbocycles. The lowest BCUT2D eigenvalue weighted by molar-refractivity contribution is 0.741. The molecule has 0 saturated carbocycles. The molecule has 1 N–H and O–H groups in total. The van der Waals surface area contributed by atoms with Crippen LogP contribution in [0.4, 0.5) is 5.69 Å². The zero-order valence-electron chi connectivity index (χ0n) is 11.0. The van der Waals surface area contributed by atoms with Crippen molar-refractivity contribution in [2.45, 2.75) is 32.6 Å². The van der Waals surface area contributed by atoms with Gasteiger partial charge in [-0.2, -0.15) is 5.10 Å². The van der Waals surface area contributed by atoms with E-state index in [1.54, 1.807) is 6.34 Å². The second kappa shape index (κ2) is 5.22. The fourth-order valence-electron chi connectivity index (χ4n) is 2.29. The maximum atomic E-state index is 4.59. The van der Waals surface area contributed by atoms with E-state index in [4.69, 9.17) is 0 Å². The Morgan fingerprint density at radius 3 is 3.16 bits per heavy atom. The van der Waals surface area contributed by atoms with Gasteiger partial charge in [0, 0.05) is 6.20 Å². The molecule has 0 radical (unpaired) electrons. The van der Waals surface area contributed by atoms with E-state index in [1.165, 1.54) is 12.8 Å². The summed E-state index contributed by atoms with van der Waals surface area (Å²) < 4.78 is 0. The molecule has 0 unspecified atom stereocenters. The van der Waals surface area contributed by atoms with Crippen molar-refractivity contribution in [2.24, 2.45) is 10.1 Å². The Bertz CT molecular complexity index is 559. The monoisotopic (exact) mass is 255 g/mol. The molecule has 5 heteroatoms. The van der Waals surface area contributed by atoms with Crippen LogP contribution in [0, 0.1) is 0 Å². The van der Waals surface area contributed by atoms with E-state index in [-0.39, 0.29) is 0 Å². The van der Waals surface area contributed by atoms with Gasteiger partial charge in [0.25, 0.3) is 0 Å². The molecule has 0 spiro atoms. The minimum Gasteiger partial charge on any atom is -0.281 e. The summed E-state index contributed by atoms with van der Waals surface area (Å²) in [5.41, 5.74) is 6.00. The third-order valence-electron chi connectivity index (χ3n) is 3.29. The van der Waals surface area contributed by atoms with Crippen LogP contribution in [0.5, 0.6) is 0 Å². The van der Waals surface area contributed by atoms with E-state index in [0.29, 0.717) is 0 Å². The summed E-state index contributed by atoms with van der Waals surface area (Å²) in [5.74, 6) is 0.875. The number of aromatic nitrogens is 1. The van der Waals surface area contributed by atoms with Gasteiger partial charge in [0.15, 0.2) is 5.82 Å². The molecule has 5 nitrogen and oxygen atoms in total. The number of hydrogen-bond acceptors (Lipinski definition) is 5. The summed E-state index contributed by atoms with van der Waals surface area (Å²) in [6.07, 6.45) is 9.96. The van der Waals surface area contributed by atoms with Crippen molar-refractivity contribution in [3.63, 3.8) is 0 Å². The minimum atomic E-state index is 0.875. The normalized spacial score (nSPS) is 16.2. The maximum absolute atomic E-state index is 4.59. The van der Waals surface area contributed by atoms with Crippen molar-refractivity contribution >= 4 is 17.7 Å². The number of aliphatic imine (C=N–C) groups is 1. The molecule has 0 aromatic carbocycles. The molecule has 2 aliphatic heterocycles. The maximum Gasteiger partial charge on any atom is 0.151 e. The van der Waals surface area contributed by atoms with E-state index in [9.17, 15) is 0 Å². The van der Waals surface area contributed by atoms with Gasteiger partial charge in [-0.25, -0.2) is 0 Å². The lowest BCUT2D eigenvalue weighted by atomic mass is 10.1. The van der Waals surface area contributed by atoms with E-state index in [0.717, 1.165) is 35.8 Å². The Hall–Kier alpha value is -2.17. The van der Waals surface area contributed by atoms with E-state index in [2.05, 4.69) is 33.5 Å². The van der Waals surface area contributed by atoms with Crippen LogP contribution in [0.3, 0.4) is 0 Å². The lowest BCUT2D eigenvalue weighted by Gasteiger charge is -2.16. The number of fused-ring (bicyclic) bond motifs is 3. The first-order valence-corrected chi connectivity index (χ1v) is 6.71. The van der Waals surface area contributed by atoms with Gasteiger partial charge in [0.05, 0.1) is 17.6 Å². The number of anilines is 1. The summed E-state index contributed by atoms with van der Waals surface area (Å²) in [4.78, 5) is 11.1. The molecule has 1 aromatic heterocycles. The molecule has 3 heterocycles. The third kappa shape index (κ3) is 2.23. The first-order chi connectivity index (χ1) is 9.40. The average Bonchev–Trinajstić information content (AvgIpc) is 2.86. The molecule has 1 aromatic rings. The molecule has 0 saturated heterocycles. The van der Waals surface area contributed by atoms with Crippen LogP contribution < -0.4 is 10.3 Å². The highest BCUT2D eigenvalue weighted by atomic mass is 15.5. The number of nitrogens with one attached hydrogen (secondary N) is 1. The SMILES string of the molecule is CCCCCC1=NC=C2NN=CN2c2cccnc21. The number of pyridine rings is 1. The van der Waals surface area contributed by atoms with Gasteiger partial charge < -0.3 is 0 Å². The van der Waals surface area contributed by atoms with E-state index < -0.39 is 0 Å². The molecule has 0 atom stereocenters. The summed E-state index contributed by atoms with van der Waals surface area (Å²) in [6, 6.07) is 3.99. The van der Waals surface area contributed by atoms with Gasteiger partial charge in [-0.3, -0.25) is 20.3 Å². The van der Waals surface area contributed by atoms with Crippen LogP contribution in [0.25, 0.3) is 0 Å². The van der Waals surface area contributed by atoms with Gasteiger partial charge >= 0.3 is 0 Å². The molecule has 0 fully saturated rings. The summed E-state index contributed by atoms with van der Waals surface area (Å²) >= 11 is 0. The summed E-state index contributed by atoms with van der Waals surface area (Å²) in [7, 11) is 0. The fraction of sp³-hybridized carbons (Fsp3) is 0.357. The highest BCUT2D eigenvalue weighted by Crippen LogP contribution is 2.27. The van der Waals surface area contributed by atoms with Gasteiger partial charge in [0.2, 0.25) is 0 Å². The predicted octanol–water partition coefficient (Wildman–Crippen LogP) is 2.62. The van der Waals surface area contributed by atoms with E-state index >= 15 is 0 Å². The number of hydrazone groups is 1. The lowest BCUT2D eigenvalue weighted by Crippen LogP contribution is -2.21. The van der Waals surface area contributed by atoms with Crippen LogP contribution in [0.1, 0.15) is 38.3 Å². The number of rotatable bonds is 4. The predicted molar refractivity (Wildman–Crippen MR) is 77.1 cm³/mol. The van der Waals surface area contributed by atoms with Crippen LogP contribution in [-0.2, 0) is 0 Å². The second-order valence-corrected chi connectivity index (χ2v) is 4.64. The standard InChI is InChI=1S/C14H17N5/c1-2-3-4-6-11-14-12(7-5-8-15-14)19-10-17-18-13(19)9-16-11/h5,7-10,18H,2-4,6H2,1H3. The Morgan fingerprint density at radius 1 is 1.32 bits per heavy atom. The first kappa shape index (κ1) is 11.9. The second-order valence-electron chi connectivity index (χ2n) is 4.64. The number of unbranched alkanes of at least 4 members (excludes halogenated alkanes) is 2. The third-order valence-corrected chi connectivity index (χ3v) is 3.29. The average molecular weight is 255 g/mol. The molecule has 0 bridgehead atoms. The number of nitrogens with zero attached hydrogens (tertiary/aromatic N) is 4. The van der Waals surface area contributed by atoms with Crippen LogP contribution in [0.15, 0.2) is 40.4 Å². The van der Waals surface area contributed by atoms with Crippen molar-refractivity contribution in [3.8, 4) is 0 Å². The Balaban J connectivity index is 1.95. The quantitative estimate of drug-likeness (QED) is 0.841. The van der Waals surface area contributed by atoms with E-state index in [1.807, 2.05) is 23.4 Å². The van der Waals surface area contributed by atoms with Crippen molar-refractivity contribution < 1.29 is 0 Å². The van der Waals surface area contributed by atoms with Crippen molar-refractivity contribution in [2.75, 3.05) is 4.90 Å². The van der Waals surface area contributed by atoms with Gasteiger partial charge in [0.1, 0.15) is 12.0 Å². The highest BCUT2D eigenvalue weighted by molar-refractivity contribution is 6.07. The molecular formula is C14H17N5. The highest BCUT2D eigenvalue weighted by Gasteiger charge is 2.23. The van der Waals surface area contributed by atoms with Crippen molar-refractivity contribution in [1.82, 2.24) is 10.4 Å². The van der Waals surface area contributed by atoms with Gasteiger partial charge in [-0.1, -0.05) is 19.8 Å². The first-order valence-electron chi connectivity index (χ1n) is 6.71. The van der Waals surface area contributed by atoms with Gasteiger partial charge in [-0.15, -0.1) is 0 Å². The van der Waals surface area contributed by atoms with Crippen LogP contribution in [-0.4, -0.2) is 17.0 Å². The topological polar surface area (TPSA) is 52.9 Å². The summed E-state index contributed by atoms with van der Waals surface area (Å²) in [5, 5.41) is 4.05. The van der Waals surface area contributed by atoms with Crippen LogP contribution >= 0.6 is 0 Å². The smallest absolute Gasteiger partial charge is 0.151 e. The minimum absolute atomic E-state index is 0.875. The summed E-state index contributed by atoms with van der Waals surface area (Å²) in [6.45, 7) is 2.21. The van der Waals surface area contributed by atoms with Crippen molar-refractivity contribution in [3.05, 3.63) is 36.0 Å². The number of hydrogen-bond donors (Lipinski definition) is 1. The Morgan fingerprint density at radius 2 is 2.26 bits per heavy atom. The fourth-order valence-corrected chi connectivity index (χ4v) is 2.29. The zero-order chi connectivity index (χ0) is 13.1. The zero-order valence-corrected chi connectivity index (χ0v) is 11.0. The molecule has 3 rings (SSSR count). The molecule has 0 amide bonds. The Kier molecular flexibility index (Phi) is 3.27.